The van der Waals surface area contributed by atoms with Crippen molar-refractivity contribution >= 4 is 23.0 Å². The summed E-state index contributed by atoms with van der Waals surface area (Å²) in [7, 11) is 0. The molecule has 0 aromatic heterocycles. The number of hydrogen-bond acceptors (Lipinski definition) is 3. The second-order valence-corrected chi connectivity index (χ2v) is 4.11. The van der Waals surface area contributed by atoms with Crippen LogP contribution < -0.4 is 0 Å². The highest BCUT2D eigenvalue weighted by molar-refractivity contribution is 8.13. The maximum atomic E-state index is 13.2. The Kier molecular flexibility index (Phi) is 4.37. The molecule has 0 saturated carbocycles. The lowest BCUT2D eigenvalue weighted by Crippen LogP contribution is -1.83. The van der Waals surface area contributed by atoms with Crippen LogP contribution in [0.4, 0.5) is 4.39 Å². The molecule has 1 aromatic rings. The van der Waals surface area contributed by atoms with Gasteiger partial charge in [-0.25, -0.2) is 4.39 Å². The number of carbonyl (C=O) groups excluding carboxylic acids is 1. The van der Waals surface area contributed by atoms with Gasteiger partial charge in [-0.3, -0.25) is 4.79 Å². The molecule has 1 aromatic carbocycles. The number of carbonyl (C=O) groups is 1. The highest BCUT2D eigenvalue weighted by Gasteiger charge is 1.99. The third-order valence-corrected chi connectivity index (χ3v) is 2.43. The van der Waals surface area contributed by atoms with Crippen molar-refractivity contribution in [3.63, 3.8) is 0 Å². The highest BCUT2D eigenvalue weighted by Crippen LogP contribution is 2.16. The Balaban J connectivity index is 2.60. The summed E-state index contributed by atoms with van der Waals surface area (Å²) in [6.45, 7) is 1.49. The summed E-state index contributed by atoms with van der Waals surface area (Å²) in [6, 6.07) is 3.96. The van der Waals surface area contributed by atoms with Crippen LogP contribution in [0.5, 0.6) is 5.75 Å². The molecule has 0 fully saturated rings. The molecule has 0 bridgehead atoms. The van der Waals surface area contributed by atoms with Gasteiger partial charge < -0.3 is 5.11 Å². The minimum atomic E-state index is -0.473. The number of aromatic hydroxyl groups is 1. The molecule has 0 saturated heterocycles. The Labute approximate surface area is 91.8 Å². The fraction of sp³-hybridized carbons (Fsp3) is 0.182. The van der Waals surface area contributed by atoms with Gasteiger partial charge in [0.25, 0.3) is 0 Å². The molecule has 0 aliphatic carbocycles. The van der Waals surface area contributed by atoms with Crippen molar-refractivity contribution in [1.82, 2.24) is 0 Å². The Morgan fingerprint density at radius 2 is 2.33 bits per heavy atom. The van der Waals surface area contributed by atoms with E-state index in [4.69, 9.17) is 5.11 Å². The van der Waals surface area contributed by atoms with Gasteiger partial charge in [0, 0.05) is 24.3 Å². The molecule has 0 atom stereocenters. The largest absolute Gasteiger partial charge is 0.508 e. The van der Waals surface area contributed by atoms with Gasteiger partial charge in [0.15, 0.2) is 5.12 Å². The van der Waals surface area contributed by atoms with E-state index < -0.39 is 5.82 Å². The number of halogens is 1. The van der Waals surface area contributed by atoms with Gasteiger partial charge in [-0.05, 0) is 12.1 Å². The molecule has 2 nitrogen and oxygen atoms in total. The van der Waals surface area contributed by atoms with Crippen molar-refractivity contribution in [1.29, 1.82) is 0 Å². The molecule has 0 heterocycles. The van der Waals surface area contributed by atoms with E-state index in [1.165, 1.54) is 19.1 Å². The predicted octanol–water partition coefficient (Wildman–Crippen LogP) is 2.82. The SMILES string of the molecule is CC(=O)SCC=Cc1ccc(O)cc1F. The Hall–Kier alpha value is -1.29. The zero-order chi connectivity index (χ0) is 11.3. The molecule has 0 radical (unpaired) electrons. The van der Waals surface area contributed by atoms with Gasteiger partial charge in [0.05, 0.1) is 0 Å². The van der Waals surface area contributed by atoms with Crippen LogP contribution in [0.25, 0.3) is 6.08 Å². The summed E-state index contributed by atoms with van der Waals surface area (Å²) in [5.41, 5.74) is 0.400. The minimum absolute atomic E-state index is 0.0332. The van der Waals surface area contributed by atoms with Crippen LogP contribution in [0, 0.1) is 5.82 Å². The van der Waals surface area contributed by atoms with Gasteiger partial charge in [-0.2, -0.15) is 0 Å². The van der Waals surface area contributed by atoms with Crippen molar-refractivity contribution in [3.05, 3.63) is 35.7 Å². The van der Waals surface area contributed by atoms with Crippen LogP contribution in [-0.2, 0) is 4.79 Å². The summed E-state index contributed by atoms with van der Waals surface area (Å²) in [6.07, 6.45) is 3.30. The molecule has 0 aliphatic rings. The van der Waals surface area contributed by atoms with E-state index in [1.807, 2.05) is 0 Å². The van der Waals surface area contributed by atoms with Crippen LogP contribution in [0.15, 0.2) is 24.3 Å². The quantitative estimate of drug-likeness (QED) is 0.861. The van der Waals surface area contributed by atoms with Crippen LogP contribution in [0.2, 0.25) is 0 Å². The molecular formula is C11H11FO2S. The molecule has 0 amide bonds. The number of phenols is 1. The Bertz CT molecular complexity index is 388. The first-order valence-corrected chi connectivity index (χ1v) is 5.36. The van der Waals surface area contributed by atoms with E-state index in [0.717, 1.165) is 17.8 Å². The molecule has 0 aliphatic heterocycles. The van der Waals surface area contributed by atoms with Crippen molar-refractivity contribution in [2.75, 3.05) is 5.75 Å². The molecule has 4 heteroatoms. The highest BCUT2D eigenvalue weighted by atomic mass is 32.2. The van der Waals surface area contributed by atoms with Crippen LogP contribution in [-0.4, -0.2) is 16.0 Å². The van der Waals surface area contributed by atoms with E-state index in [1.54, 1.807) is 12.2 Å². The molecule has 80 valence electrons. The fourth-order valence-electron chi connectivity index (χ4n) is 0.992. The summed E-state index contributed by atoms with van der Waals surface area (Å²) >= 11 is 1.16. The number of phenolic OH excluding ortho intramolecular Hbond substituents is 1. The van der Waals surface area contributed by atoms with Crippen molar-refractivity contribution < 1.29 is 14.3 Å². The summed E-state index contributed by atoms with van der Waals surface area (Å²) in [5.74, 6) is -0.0443. The van der Waals surface area contributed by atoms with E-state index in [0.29, 0.717) is 11.3 Å². The molecule has 1 N–H and O–H groups in total. The summed E-state index contributed by atoms with van der Waals surface area (Å²) < 4.78 is 13.2. The topological polar surface area (TPSA) is 37.3 Å². The summed E-state index contributed by atoms with van der Waals surface area (Å²) in [4.78, 5) is 10.6. The maximum absolute atomic E-state index is 13.2. The zero-order valence-electron chi connectivity index (χ0n) is 8.24. The number of rotatable bonds is 3. The van der Waals surface area contributed by atoms with Crippen molar-refractivity contribution in [3.8, 4) is 5.75 Å². The standard InChI is InChI=1S/C11H11FO2S/c1-8(13)15-6-2-3-9-4-5-10(14)7-11(9)12/h2-5,7,14H,6H2,1H3. The van der Waals surface area contributed by atoms with Crippen molar-refractivity contribution in [2.45, 2.75) is 6.92 Å². The lowest BCUT2D eigenvalue weighted by molar-refractivity contribution is -0.109. The second kappa shape index (κ2) is 5.56. The third-order valence-electron chi connectivity index (χ3n) is 1.66. The Morgan fingerprint density at radius 1 is 1.60 bits per heavy atom. The van der Waals surface area contributed by atoms with Gasteiger partial charge >= 0.3 is 0 Å². The van der Waals surface area contributed by atoms with E-state index in [2.05, 4.69) is 0 Å². The molecule has 0 unspecified atom stereocenters. The first kappa shape index (κ1) is 11.8. The molecule has 15 heavy (non-hydrogen) atoms. The van der Waals surface area contributed by atoms with Gasteiger partial charge in [0.2, 0.25) is 0 Å². The van der Waals surface area contributed by atoms with E-state index in [9.17, 15) is 9.18 Å². The lowest BCUT2D eigenvalue weighted by atomic mass is 10.2. The van der Waals surface area contributed by atoms with E-state index >= 15 is 0 Å². The number of thioether (sulfide) groups is 1. The van der Waals surface area contributed by atoms with E-state index in [-0.39, 0.29) is 10.9 Å². The van der Waals surface area contributed by atoms with Crippen molar-refractivity contribution in [2.24, 2.45) is 0 Å². The third kappa shape index (κ3) is 4.16. The fourth-order valence-corrected chi connectivity index (χ4v) is 1.42. The maximum Gasteiger partial charge on any atom is 0.186 e. The lowest BCUT2D eigenvalue weighted by Gasteiger charge is -1.97. The van der Waals surface area contributed by atoms with Crippen LogP contribution >= 0.6 is 11.8 Å². The second-order valence-electron chi connectivity index (χ2n) is 2.91. The monoisotopic (exact) mass is 226 g/mol. The Morgan fingerprint density at radius 3 is 2.93 bits per heavy atom. The van der Waals surface area contributed by atoms with Crippen LogP contribution in [0.3, 0.4) is 0 Å². The average molecular weight is 226 g/mol. The smallest absolute Gasteiger partial charge is 0.186 e. The number of hydrogen-bond donors (Lipinski definition) is 1. The van der Waals surface area contributed by atoms with Gasteiger partial charge in [-0.15, -0.1) is 0 Å². The number of benzene rings is 1. The average Bonchev–Trinajstić information content (AvgIpc) is 2.14. The first-order valence-electron chi connectivity index (χ1n) is 4.38. The normalized spacial score (nSPS) is 10.8. The molecule has 0 spiro atoms. The van der Waals surface area contributed by atoms with Crippen LogP contribution in [0.1, 0.15) is 12.5 Å². The zero-order valence-corrected chi connectivity index (χ0v) is 9.05. The molecule has 1 rings (SSSR count). The molecular weight excluding hydrogens is 215 g/mol. The predicted molar refractivity (Wildman–Crippen MR) is 60.2 cm³/mol. The van der Waals surface area contributed by atoms with Gasteiger partial charge in [0.1, 0.15) is 11.6 Å². The first-order chi connectivity index (χ1) is 7.09. The van der Waals surface area contributed by atoms with Gasteiger partial charge in [-0.1, -0.05) is 23.9 Å². The minimum Gasteiger partial charge on any atom is -0.508 e. The summed E-state index contributed by atoms with van der Waals surface area (Å²) in [5, 5.41) is 9.00.